The molecule has 9 heteroatoms. The summed E-state index contributed by atoms with van der Waals surface area (Å²) in [5.74, 6) is 0.785. The molecule has 2 aliphatic heterocycles. The summed E-state index contributed by atoms with van der Waals surface area (Å²) in [5.41, 5.74) is 0.660. The van der Waals surface area contributed by atoms with Crippen LogP contribution in [0, 0.1) is 5.41 Å². The van der Waals surface area contributed by atoms with E-state index in [0.717, 1.165) is 36.3 Å². The third kappa shape index (κ3) is 3.86. The van der Waals surface area contributed by atoms with Crippen molar-refractivity contribution in [3.63, 3.8) is 0 Å². The van der Waals surface area contributed by atoms with Crippen molar-refractivity contribution in [1.29, 1.82) is 0 Å². The molecule has 5 nitrogen and oxygen atoms in total. The number of fused-ring (bicyclic) bond motifs is 1. The van der Waals surface area contributed by atoms with Crippen molar-refractivity contribution >= 4 is 33.3 Å². The molecule has 0 aliphatic carbocycles. The zero-order valence-electron chi connectivity index (χ0n) is 16.7. The summed E-state index contributed by atoms with van der Waals surface area (Å²) >= 11 is 1.05. The van der Waals surface area contributed by atoms with Crippen LogP contribution in [0.1, 0.15) is 23.3 Å². The SMILES string of the molecule is O=C1N(Cc2ccccc2)CCC12CCN(c1ncnc3sc(CC(F)(F)F)cc13)C2. The van der Waals surface area contributed by atoms with E-state index in [1.54, 1.807) is 6.07 Å². The molecule has 0 radical (unpaired) electrons. The maximum absolute atomic E-state index is 13.3. The molecule has 162 valence electrons. The minimum atomic E-state index is -4.26. The van der Waals surface area contributed by atoms with Crippen molar-refractivity contribution < 1.29 is 18.0 Å². The van der Waals surface area contributed by atoms with Crippen molar-refractivity contribution in [3.05, 3.63) is 53.2 Å². The number of rotatable bonds is 4. The summed E-state index contributed by atoms with van der Waals surface area (Å²) < 4.78 is 38.5. The molecule has 2 aromatic heterocycles. The Morgan fingerprint density at radius 3 is 2.65 bits per heavy atom. The van der Waals surface area contributed by atoms with Crippen molar-refractivity contribution in [2.75, 3.05) is 24.5 Å². The number of hydrogen-bond acceptors (Lipinski definition) is 5. The largest absolute Gasteiger partial charge is 0.393 e. The number of aromatic nitrogens is 2. The highest BCUT2D eigenvalue weighted by molar-refractivity contribution is 7.18. The minimum Gasteiger partial charge on any atom is -0.355 e. The molecule has 3 aromatic rings. The monoisotopic (exact) mass is 446 g/mol. The lowest BCUT2D eigenvalue weighted by atomic mass is 9.85. The van der Waals surface area contributed by atoms with Crippen LogP contribution in [0.3, 0.4) is 0 Å². The fourth-order valence-corrected chi connectivity index (χ4v) is 5.73. The third-order valence-corrected chi connectivity index (χ3v) is 7.25. The number of halogens is 3. The first-order valence-corrected chi connectivity index (χ1v) is 11.0. The van der Waals surface area contributed by atoms with E-state index in [4.69, 9.17) is 0 Å². The average molecular weight is 446 g/mol. The first-order valence-electron chi connectivity index (χ1n) is 10.2. The highest BCUT2D eigenvalue weighted by Gasteiger charge is 2.51. The summed E-state index contributed by atoms with van der Waals surface area (Å²) in [6.45, 7) is 2.51. The predicted octanol–water partition coefficient (Wildman–Crippen LogP) is 4.43. The van der Waals surface area contributed by atoms with Gasteiger partial charge in [0.15, 0.2) is 0 Å². The molecule has 1 aromatic carbocycles. The second-order valence-corrected chi connectivity index (χ2v) is 9.45. The summed E-state index contributed by atoms with van der Waals surface area (Å²) in [7, 11) is 0. The lowest BCUT2D eigenvalue weighted by Gasteiger charge is -2.24. The fourth-order valence-electron chi connectivity index (χ4n) is 4.71. The molecule has 1 atom stereocenters. The molecule has 4 heterocycles. The van der Waals surface area contributed by atoms with E-state index in [-0.39, 0.29) is 10.8 Å². The van der Waals surface area contributed by atoms with Crippen LogP contribution in [0.4, 0.5) is 19.0 Å². The van der Waals surface area contributed by atoms with Gasteiger partial charge in [0, 0.05) is 31.1 Å². The Morgan fingerprint density at radius 2 is 1.87 bits per heavy atom. The number of thiophene rings is 1. The van der Waals surface area contributed by atoms with Gasteiger partial charge in [-0.15, -0.1) is 11.3 Å². The molecule has 0 bridgehead atoms. The first-order chi connectivity index (χ1) is 14.8. The molecule has 5 rings (SSSR count). The van der Waals surface area contributed by atoms with Crippen LogP contribution in [0.15, 0.2) is 42.7 Å². The summed E-state index contributed by atoms with van der Waals surface area (Å²) in [6.07, 6.45) is -2.32. The van der Waals surface area contributed by atoms with Crippen LogP contribution in [0.25, 0.3) is 10.2 Å². The molecular formula is C22H21F3N4OS. The van der Waals surface area contributed by atoms with Crippen LogP contribution < -0.4 is 4.90 Å². The van der Waals surface area contributed by atoms with E-state index in [1.807, 2.05) is 40.1 Å². The Bertz CT molecular complexity index is 1120. The van der Waals surface area contributed by atoms with E-state index in [1.165, 1.54) is 6.33 Å². The smallest absolute Gasteiger partial charge is 0.355 e. The lowest BCUT2D eigenvalue weighted by molar-refractivity contribution is -0.135. The van der Waals surface area contributed by atoms with Crippen LogP contribution in [-0.2, 0) is 17.8 Å². The molecule has 0 N–H and O–H groups in total. The van der Waals surface area contributed by atoms with E-state index in [2.05, 4.69) is 9.97 Å². The highest BCUT2D eigenvalue weighted by Crippen LogP contribution is 2.44. The molecule has 2 fully saturated rings. The Morgan fingerprint density at radius 1 is 1.10 bits per heavy atom. The second kappa shape index (κ2) is 7.47. The van der Waals surface area contributed by atoms with E-state index >= 15 is 0 Å². The van der Waals surface area contributed by atoms with Gasteiger partial charge in [0.05, 0.1) is 17.2 Å². The molecule has 2 aliphatic rings. The molecule has 1 unspecified atom stereocenters. The molecule has 1 amide bonds. The van der Waals surface area contributed by atoms with Crippen LogP contribution in [0.2, 0.25) is 0 Å². The van der Waals surface area contributed by atoms with Gasteiger partial charge in [-0.2, -0.15) is 13.2 Å². The van der Waals surface area contributed by atoms with Crippen molar-refractivity contribution in [2.45, 2.75) is 32.0 Å². The molecule has 0 saturated carbocycles. The Kier molecular flexibility index (Phi) is 4.88. The normalized spacial score (nSPS) is 21.7. The van der Waals surface area contributed by atoms with Gasteiger partial charge < -0.3 is 9.80 Å². The number of carbonyl (C=O) groups excluding carboxylic acids is 1. The third-order valence-electron chi connectivity index (χ3n) is 6.20. The van der Waals surface area contributed by atoms with Gasteiger partial charge in [0.1, 0.15) is 17.0 Å². The Labute approximate surface area is 181 Å². The number of likely N-dealkylation sites (tertiary alicyclic amines) is 1. The number of alkyl halides is 3. The number of carbonyl (C=O) groups is 1. The Hall–Kier alpha value is -2.68. The van der Waals surface area contributed by atoms with Gasteiger partial charge in [-0.05, 0) is 24.5 Å². The van der Waals surface area contributed by atoms with Crippen LogP contribution >= 0.6 is 11.3 Å². The zero-order valence-corrected chi connectivity index (χ0v) is 17.5. The molecule has 31 heavy (non-hydrogen) atoms. The number of benzene rings is 1. The van der Waals surface area contributed by atoms with Gasteiger partial charge >= 0.3 is 6.18 Å². The minimum absolute atomic E-state index is 0.159. The van der Waals surface area contributed by atoms with Crippen LogP contribution in [0.5, 0.6) is 0 Å². The zero-order chi connectivity index (χ0) is 21.6. The highest BCUT2D eigenvalue weighted by atomic mass is 32.1. The van der Waals surface area contributed by atoms with Gasteiger partial charge in [-0.25, -0.2) is 9.97 Å². The maximum Gasteiger partial charge on any atom is 0.393 e. The van der Waals surface area contributed by atoms with Gasteiger partial charge in [-0.1, -0.05) is 30.3 Å². The summed E-state index contributed by atoms with van der Waals surface area (Å²) in [6, 6.07) is 11.5. The van der Waals surface area contributed by atoms with Gasteiger partial charge in [-0.3, -0.25) is 4.79 Å². The molecule has 2 saturated heterocycles. The standard InChI is InChI=1S/C22H21F3N4OS/c23-22(24,25)11-16-10-17-18(26-14-27-19(17)31-16)29-9-7-21(13-29)6-8-28(20(21)30)12-15-4-2-1-3-5-15/h1-5,10,14H,6-9,11-13H2. The van der Waals surface area contributed by atoms with Crippen molar-refractivity contribution in [3.8, 4) is 0 Å². The quantitative estimate of drug-likeness (QED) is 0.595. The second-order valence-electron chi connectivity index (χ2n) is 8.33. The number of amides is 1. The first kappa shape index (κ1) is 20.2. The van der Waals surface area contributed by atoms with E-state index < -0.39 is 18.0 Å². The topological polar surface area (TPSA) is 49.3 Å². The van der Waals surface area contributed by atoms with E-state index in [9.17, 15) is 18.0 Å². The van der Waals surface area contributed by atoms with Crippen molar-refractivity contribution in [1.82, 2.24) is 14.9 Å². The predicted molar refractivity (Wildman–Crippen MR) is 113 cm³/mol. The molecule has 1 spiro atoms. The average Bonchev–Trinajstić information content (AvgIpc) is 3.41. The van der Waals surface area contributed by atoms with E-state index in [0.29, 0.717) is 35.7 Å². The molecular weight excluding hydrogens is 425 g/mol. The van der Waals surface area contributed by atoms with Gasteiger partial charge in [0.25, 0.3) is 0 Å². The summed E-state index contributed by atoms with van der Waals surface area (Å²) in [5, 5.41) is 0.635. The fraction of sp³-hybridized carbons (Fsp3) is 0.409. The number of anilines is 1. The van der Waals surface area contributed by atoms with Gasteiger partial charge in [0.2, 0.25) is 5.91 Å². The van der Waals surface area contributed by atoms with Crippen LogP contribution in [-0.4, -0.2) is 46.6 Å². The maximum atomic E-state index is 13.3. The number of nitrogens with zero attached hydrogens (tertiary/aromatic N) is 4. The Balaban J connectivity index is 1.36. The number of hydrogen-bond donors (Lipinski definition) is 0. The lowest BCUT2D eigenvalue weighted by Crippen LogP contribution is -2.36. The van der Waals surface area contributed by atoms with Crippen molar-refractivity contribution in [2.24, 2.45) is 5.41 Å². The summed E-state index contributed by atoms with van der Waals surface area (Å²) in [4.78, 5) is 26.6.